The summed E-state index contributed by atoms with van der Waals surface area (Å²) in [5.74, 6) is -0.439. The molecule has 1 fully saturated rings. The van der Waals surface area contributed by atoms with Crippen molar-refractivity contribution in [2.24, 2.45) is 0 Å². The average molecular weight is 341 g/mol. The molecule has 1 aromatic carbocycles. The number of alkyl halides is 1. The van der Waals surface area contributed by atoms with E-state index in [0.29, 0.717) is 11.1 Å². The Labute approximate surface area is 143 Å². The number of rotatable bonds is 3. The van der Waals surface area contributed by atoms with E-state index < -0.39 is 6.17 Å². The highest BCUT2D eigenvalue weighted by Gasteiger charge is 2.30. The van der Waals surface area contributed by atoms with Crippen LogP contribution in [0, 0.1) is 12.7 Å². The SMILES string of the molecule is Cc1cn(CC(=O)N2CC(F)C2)c2cc(-c3ccccc3F)cnc12. The van der Waals surface area contributed by atoms with Gasteiger partial charge in [0.05, 0.1) is 24.1 Å². The number of halogens is 2. The van der Waals surface area contributed by atoms with Crippen molar-refractivity contribution in [3.63, 3.8) is 0 Å². The highest BCUT2D eigenvalue weighted by atomic mass is 19.1. The first-order valence-corrected chi connectivity index (χ1v) is 8.15. The van der Waals surface area contributed by atoms with Crippen LogP contribution in [0.5, 0.6) is 0 Å². The lowest BCUT2D eigenvalue weighted by molar-refractivity contribution is -0.138. The Balaban J connectivity index is 1.71. The number of fused-ring (bicyclic) bond motifs is 1. The van der Waals surface area contributed by atoms with E-state index in [1.165, 1.54) is 11.0 Å². The van der Waals surface area contributed by atoms with Crippen LogP contribution in [0.1, 0.15) is 5.56 Å². The smallest absolute Gasteiger partial charge is 0.242 e. The third kappa shape index (κ3) is 2.77. The maximum Gasteiger partial charge on any atom is 0.242 e. The zero-order valence-electron chi connectivity index (χ0n) is 13.7. The molecule has 1 aliphatic rings. The highest BCUT2D eigenvalue weighted by molar-refractivity contribution is 5.86. The number of pyridine rings is 1. The van der Waals surface area contributed by atoms with Crippen molar-refractivity contribution in [2.75, 3.05) is 13.1 Å². The van der Waals surface area contributed by atoms with Crippen molar-refractivity contribution < 1.29 is 13.6 Å². The molecule has 1 amide bonds. The van der Waals surface area contributed by atoms with Crippen LogP contribution in [0.4, 0.5) is 8.78 Å². The molecular weight excluding hydrogens is 324 g/mol. The highest BCUT2D eigenvalue weighted by Crippen LogP contribution is 2.27. The van der Waals surface area contributed by atoms with Gasteiger partial charge in [-0.05, 0) is 24.6 Å². The fourth-order valence-electron chi connectivity index (χ4n) is 3.19. The lowest BCUT2D eigenvalue weighted by atomic mass is 10.1. The fourth-order valence-corrected chi connectivity index (χ4v) is 3.19. The van der Waals surface area contributed by atoms with Crippen molar-refractivity contribution >= 4 is 16.9 Å². The van der Waals surface area contributed by atoms with Crippen LogP contribution >= 0.6 is 0 Å². The number of hydrogen-bond acceptors (Lipinski definition) is 2. The Morgan fingerprint density at radius 2 is 2.08 bits per heavy atom. The molecular formula is C19H17F2N3O. The van der Waals surface area contributed by atoms with Crippen LogP contribution in [-0.2, 0) is 11.3 Å². The van der Waals surface area contributed by atoms with E-state index in [1.54, 1.807) is 29.0 Å². The second-order valence-electron chi connectivity index (χ2n) is 6.41. The summed E-state index contributed by atoms with van der Waals surface area (Å²) >= 11 is 0. The summed E-state index contributed by atoms with van der Waals surface area (Å²) < 4.78 is 28.8. The molecule has 0 radical (unpaired) electrons. The molecule has 4 rings (SSSR count). The van der Waals surface area contributed by atoms with Gasteiger partial charge < -0.3 is 9.47 Å². The molecule has 3 heterocycles. The number of benzene rings is 1. The second-order valence-corrected chi connectivity index (χ2v) is 6.41. The van der Waals surface area contributed by atoms with Crippen molar-refractivity contribution in [2.45, 2.75) is 19.6 Å². The summed E-state index contributed by atoms with van der Waals surface area (Å²) in [5.41, 5.74) is 3.61. The van der Waals surface area contributed by atoms with Gasteiger partial charge in [0.15, 0.2) is 0 Å². The van der Waals surface area contributed by atoms with Gasteiger partial charge in [-0.15, -0.1) is 0 Å². The molecule has 25 heavy (non-hydrogen) atoms. The van der Waals surface area contributed by atoms with Gasteiger partial charge in [-0.1, -0.05) is 18.2 Å². The zero-order chi connectivity index (χ0) is 17.6. The summed E-state index contributed by atoms with van der Waals surface area (Å²) in [5, 5.41) is 0. The van der Waals surface area contributed by atoms with E-state index in [-0.39, 0.29) is 31.4 Å². The predicted molar refractivity (Wildman–Crippen MR) is 91.3 cm³/mol. The van der Waals surface area contributed by atoms with E-state index in [4.69, 9.17) is 0 Å². The summed E-state index contributed by atoms with van der Waals surface area (Å²) in [4.78, 5) is 18.2. The van der Waals surface area contributed by atoms with Crippen LogP contribution in [-0.4, -0.2) is 39.6 Å². The minimum absolute atomic E-state index is 0.123. The molecule has 1 saturated heterocycles. The molecule has 0 bridgehead atoms. The third-order valence-corrected chi connectivity index (χ3v) is 4.58. The van der Waals surface area contributed by atoms with Gasteiger partial charge >= 0.3 is 0 Å². The molecule has 0 atom stereocenters. The molecule has 0 spiro atoms. The summed E-state index contributed by atoms with van der Waals surface area (Å²) in [6, 6.07) is 8.36. The standard InChI is InChI=1S/C19H17F2N3O/c1-12-8-23(11-18(25)24-9-14(20)10-24)17-6-13(7-22-19(12)17)15-4-2-3-5-16(15)21/h2-8,14H,9-11H2,1H3. The molecule has 2 aromatic heterocycles. The van der Waals surface area contributed by atoms with Gasteiger partial charge in [0.1, 0.15) is 18.5 Å². The van der Waals surface area contributed by atoms with E-state index >= 15 is 0 Å². The predicted octanol–water partition coefficient (Wildman–Crippen LogP) is 3.33. The van der Waals surface area contributed by atoms with E-state index in [0.717, 1.165) is 16.6 Å². The summed E-state index contributed by atoms with van der Waals surface area (Å²) in [6.45, 7) is 2.37. The number of aromatic nitrogens is 2. The maximum atomic E-state index is 14.1. The molecule has 3 aromatic rings. The Morgan fingerprint density at radius 1 is 1.32 bits per heavy atom. The number of carbonyl (C=O) groups excluding carboxylic acids is 1. The van der Waals surface area contributed by atoms with Crippen LogP contribution in [0.15, 0.2) is 42.7 Å². The van der Waals surface area contributed by atoms with Gasteiger partial charge in [0.25, 0.3) is 0 Å². The number of nitrogens with zero attached hydrogens (tertiary/aromatic N) is 3. The topological polar surface area (TPSA) is 38.1 Å². The van der Waals surface area contributed by atoms with E-state index in [9.17, 15) is 13.6 Å². The van der Waals surface area contributed by atoms with Crippen molar-refractivity contribution in [3.8, 4) is 11.1 Å². The number of carbonyl (C=O) groups is 1. The Hall–Kier alpha value is -2.76. The first-order valence-electron chi connectivity index (χ1n) is 8.15. The lowest BCUT2D eigenvalue weighted by Gasteiger charge is -2.34. The molecule has 0 saturated carbocycles. The summed E-state index contributed by atoms with van der Waals surface area (Å²) in [6.07, 6.45) is 2.58. The van der Waals surface area contributed by atoms with Crippen LogP contribution in [0.25, 0.3) is 22.2 Å². The monoisotopic (exact) mass is 341 g/mol. The van der Waals surface area contributed by atoms with Gasteiger partial charge in [-0.25, -0.2) is 8.78 Å². The molecule has 1 aliphatic heterocycles. The molecule has 0 N–H and O–H groups in total. The molecule has 0 aliphatic carbocycles. The van der Waals surface area contributed by atoms with Gasteiger partial charge in [-0.2, -0.15) is 0 Å². The van der Waals surface area contributed by atoms with Crippen LogP contribution < -0.4 is 0 Å². The molecule has 128 valence electrons. The number of likely N-dealkylation sites (tertiary alicyclic amines) is 1. The van der Waals surface area contributed by atoms with Crippen LogP contribution in [0.2, 0.25) is 0 Å². The van der Waals surface area contributed by atoms with E-state index in [1.807, 2.05) is 19.2 Å². The van der Waals surface area contributed by atoms with Crippen molar-refractivity contribution in [1.82, 2.24) is 14.5 Å². The van der Waals surface area contributed by atoms with Gasteiger partial charge in [-0.3, -0.25) is 9.78 Å². The fraction of sp³-hybridized carbons (Fsp3) is 0.263. The van der Waals surface area contributed by atoms with Gasteiger partial charge in [0, 0.05) is 23.5 Å². The maximum absolute atomic E-state index is 14.1. The van der Waals surface area contributed by atoms with Crippen molar-refractivity contribution in [1.29, 1.82) is 0 Å². The Morgan fingerprint density at radius 3 is 2.80 bits per heavy atom. The van der Waals surface area contributed by atoms with Gasteiger partial charge in [0.2, 0.25) is 5.91 Å². The summed E-state index contributed by atoms with van der Waals surface area (Å²) in [7, 11) is 0. The molecule has 4 nitrogen and oxygen atoms in total. The zero-order valence-corrected chi connectivity index (χ0v) is 13.7. The third-order valence-electron chi connectivity index (χ3n) is 4.58. The first kappa shape index (κ1) is 15.7. The average Bonchev–Trinajstić information content (AvgIpc) is 2.88. The lowest BCUT2D eigenvalue weighted by Crippen LogP contribution is -2.52. The molecule has 0 unspecified atom stereocenters. The minimum atomic E-state index is -0.915. The Kier molecular flexibility index (Phi) is 3.75. The number of amides is 1. The number of hydrogen-bond donors (Lipinski definition) is 0. The van der Waals surface area contributed by atoms with Crippen LogP contribution in [0.3, 0.4) is 0 Å². The molecule has 6 heteroatoms. The Bertz CT molecular complexity index is 960. The largest absolute Gasteiger partial charge is 0.336 e. The quantitative estimate of drug-likeness (QED) is 0.733. The van der Waals surface area contributed by atoms with Crippen molar-refractivity contribution in [3.05, 3.63) is 54.1 Å². The number of aryl methyl sites for hydroxylation is 1. The van der Waals surface area contributed by atoms with E-state index in [2.05, 4.69) is 4.98 Å². The normalized spacial score (nSPS) is 14.8. The second kappa shape index (κ2) is 5.95. The minimum Gasteiger partial charge on any atom is -0.336 e. The first-order chi connectivity index (χ1) is 12.0.